The van der Waals surface area contributed by atoms with Crippen molar-refractivity contribution in [2.24, 2.45) is 0 Å². The van der Waals surface area contributed by atoms with E-state index in [0.29, 0.717) is 33.9 Å². The van der Waals surface area contributed by atoms with Gasteiger partial charge in [0.2, 0.25) is 0 Å². The van der Waals surface area contributed by atoms with Gasteiger partial charge in [0.1, 0.15) is 16.1 Å². The van der Waals surface area contributed by atoms with Crippen molar-refractivity contribution in [1.29, 1.82) is 0 Å². The number of benzene rings is 1. The second kappa shape index (κ2) is 10.1. The molecule has 2 rings (SSSR count). The SMILES string of the molecule is CCC(=CCN(C)c1nc(-c2ccc(OC(F)(F)F)cc2OC)c(C)nc1Br)CC. The highest BCUT2D eigenvalue weighted by Crippen LogP contribution is 2.37. The van der Waals surface area contributed by atoms with E-state index in [9.17, 15) is 13.2 Å². The Bertz CT molecular complexity index is 911. The van der Waals surface area contributed by atoms with Crippen molar-refractivity contribution in [2.75, 3.05) is 25.6 Å². The minimum Gasteiger partial charge on any atom is -0.496 e. The summed E-state index contributed by atoms with van der Waals surface area (Å²) in [4.78, 5) is 11.2. The molecule has 0 aliphatic heterocycles. The number of rotatable bonds is 8. The fourth-order valence-electron chi connectivity index (χ4n) is 2.94. The lowest BCUT2D eigenvalue weighted by atomic mass is 10.1. The summed E-state index contributed by atoms with van der Waals surface area (Å²) < 4.78 is 47.5. The maximum atomic E-state index is 12.5. The van der Waals surface area contributed by atoms with Gasteiger partial charge in [0, 0.05) is 25.2 Å². The van der Waals surface area contributed by atoms with E-state index < -0.39 is 6.36 Å². The van der Waals surface area contributed by atoms with E-state index in [1.807, 2.05) is 11.9 Å². The molecule has 0 amide bonds. The maximum Gasteiger partial charge on any atom is 0.573 e. The van der Waals surface area contributed by atoms with Crippen molar-refractivity contribution < 1.29 is 22.6 Å². The lowest BCUT2D eigenvalue weighted by Gasteiger charge is -2.20. The zero-order valence-electron chi connectivity index (χ0n) is 17.6. The molecular formula is C21H25BrF3N3O2. The lowest BCUT2D eigenvalue weighted by Crippen LogP contribution is -2.20. The Morgan fingerprint density at radius 3 is 2.43 bits per heavy atom. The molecule has 0 unspecified atom stereocenters. The van der Waals surface area contributed by atoms with Gasteiger partial charge >= 0.3 is 6.36 Å². The summed E-state index contributed by atoms with van der Waals surface area (Å²) in [6.07, 6.45) is -0.643. The number of hydrogen-bond donors (Lipinski definition) is 0. The fraction of sp³-hybridized carbons (Fsp3) is 0.429. The molecule has 0 atom stereocenters. The quantitative estimate of drug-likeness (QED) is 0.408. The van der Waals surface area contributed by atoms with Gasteiger partial charge in [-0.2, -0.15) is 0 Å². The van der Waals surface area contributed by atoms with E-state index >= 15 is 0 Å². The topological polar surface area (TPSA) is 47.5 Å². The molecule has 1 heterocycles. The molecule has 0 fully saturated rings. The number of alkyl halides is 3. The van der Waals surface area contributed by atoms with Crippen molar-refractivity contribution in [3.63, 3.8) is 0 Å². The molecule has 0 saturated carbocycles. The third-order valence-corrected chi connectivity index (χ3v) is 5.13. The second-order valence-corrected chi connectivity index (χ2v) is 7.38. The number of nitrogens with zero attached hydrogens (tertiary/aromatic N) is 3. The first-order valence-electron chi connectivity index (χ1n) is 9.46. The number of methoxy groups -OCH3 is 1. The molecule has 0 bridgehead atoms. The van der Waals surface area contributed by atoms with Gasteiger partial charge in [-0.3, -0.25) is 0 Å². The number of ether oxygens (including phenoxy) is 2. The number of likely N-dealkylation sites (N-methyl/N-ethyl adjacent to an activating group) is 1. The second-order valence-electron chi connectivity index (χ2n) is 6.63. The Morgan fingerprint density at radius 1 is 1.20 bits per heavy atom. The fourth-order valence-corrected chi connectivity index (χ4v) is 3.59. The molecule has 2 aromatic rings. The highest BCUT2D eigenvalue weighted by atomic mass is 79.9. The van der Waals surface area contributed by atoms with Crippen LogP contribution >= 0.6 is 15.9 Å². The van der Waals surface area contributed by atoms with Crippen LogP contribution < -0.4 is 14.4 Å². The Balaban J connectivity index is 2.45. The highest BCUT2D eigenvalue weighted by molar-refractivity contribution is 9.10. The molecule has 0 N–H and O–H groups in total. The van der Waals surface area contributed by atoms with Crippen molar-refractivity contribution in [3.8, 4) is 22.8 Å². The minimum absolute atomic E-state index is 0.212. The van der Waals surface area contributed by atoms with Gasteiger partial charge in [0.25, 0.3) is 0 Å². The van der Waals surface area contributed by atoms with E-state index in [4.69, 9.17) is 9.72 Å². The van der Waals surface area contributed by atoms with Crippen LogP contribution in [0.15, 0.2) is 34.5 Å². The van der Waals surface area contributed by atoms with Gasteiger partial charge in [-0.05, 0) is 47.8 Å². The zero-order valence-corrected chi connectivity index (χ0v) is 19.2. The van der Waals surface area contributed by atoms with E-state index in [2.05, 4.69) is 45.6 Å². The smallest absolute Gasteiger partial charge is 0.496 e. The summed E-state index contributed by atoms with van der Waals surface area (Å²) in [6.45, 7) is 6.67. The lowest BCUT2D eigenvalue weighted by molar-refractivity contribution is -0.274. The predicted octanol–water partition coefficient (Wildman–Crippen LogP) is 6.30. The molecule has 0 aliphatic rings. The van der Waals surface area contributed by atoms with E-state index in [0.717, 1.165) is 12.8 Å². The van der Waals surface area contributed by atoms with Crippen LogP contribution in [0.5, 0.6) is 11.5 Å². The van der Waals surface area contributed by atoms with Crippen LogP contribution in [-0.2, 0) is 0 Å². The highest BCUT2D eigenvalue weighted by Gasteiger charge is 2.31. The van der Waals surface area contributed by atoms with Gasteiger partial charge in [0.05, 0.1) is 18.5 Å². The first-order valence-corrected chi connectivity index (χ1v) is 10.3. The number of allylic oxidation sites excluding steroid dienone is 1. The predicted molar refractivity (Wildman–Crippen MR) is 115 cm³/mol. The molecule has 1 aromatic carbocycles. The van der Waals surface area contributed by atoms with Crippen LogP contribution in [0, 0.1) is 6.92 Å². The Morgan fingerprint density at radius 2 is 1.87 bits per heavy atom. The van der Waals surface area contributed by atoms with Crippen molar-refractivity contribution >= 4 is 21.7 Å². The molecule has 0 aliphatic carbocycles. The number of hydrogen-bond acceptors (Lipinski definition) is 5. The minimum atomic E-state index is -4.78. The normalized spacial score (nSPS) is 11.2. The largest absolute Gasteiger partial charge is 0.573 e. The van der Waals surface area contributed by atoms with Gasteiger partial charge in [0.15, 0.2) is 5.82 Å². The van der Waals surface area contributed by atoms with Gasteiger partial charge < -0.3 is 14.4 Å². The molecular weight excluding hydrogens is 463 g/mol. The number of aryl methyl sites for hydroxylation is 1. The van der Waals surface area contributed by atoms with Crippen LogP contribution in [0.1, 0.15) is 32.4 Å². The van der Waals surface area contributed by atoms with Crippen molar-refractivity contribution in [1.82, 2.24) is 9.97 Å². The molecule has 0 spiro atoms. The summed E-state index contributed by atoms with van der Waals surface area (Å²) in [5.41, 5.74) is 3.00. The van der Waals surface area contributed by atoms with Crippen LogP contribution in [-0.4, -0.2) is 37.0 Å². The third kappa shape index (κ3) is 6.10. The summed E-state index contributed by atoms with van der Waals surface area (Å²) in [5, 5.41) is 0. The van der Waals surface area contributed by atoms with Crippen LogP contribution in [0.4, 0.5) is 19.0 Å². The van der Waals surface area contributed by atoms with Crippen LogP contribution in [0.2, 0.25) is 0 Å². The molecule has 9 heteroatoms. The zero-order chi connectivity index (χ0) is 22.5. The Kier molecular flexibility index (Phi) is 8.11. The summed E-state index contributed by atoms with van der Waals surface area (Å²) in [6, 6.07) is 3.91. The van der Waals surface area contributed by atoms with Crippen LogP contribution in [0.3, 0.4) is 0 Å². The van der Waals surface area contributed by atoms with Gasteiger partial charge in [-0.1, -0.05) is 25.5 Å². The first-order chi connectivity index (χ1) is 14.1. The summed E-state index contributed by atoms with van der Waals surface area (Å²) >= 11 is 3.46. The molecule has 1 aromatic heterocycles. The Hall–Kier alpha value is -2.29. The first kappa shape index (κ1) is 24.0. The molecule has 0 radical (unpaired) electrons. The standard InChI is InChI=1S/C21H25BrF3N3O2/c1-6-14(7-2)10-11-28(4)20-19(22)26-13(3)18(27-20)16-9-8-15(12-17(16)29-5)30-21(23,24)25/h8-10,12H,6-7,11H2,1-5H3. The summed E-state index contributed by atoms with van der Waals surface area (Å²) in [7, 11) is 3.29. The van der Waals surface area contributed by atoms with Crippen molar-refractivity contribution in [2.45, 2.75) is 40.0 Å². The monoisotopic (exact) mass is 487 g/mol. The molecule has 5 nitrogen and oxygen atoms in total. The van der Waals surface area contributed by atoms with E-state index in [1.165, 1.54) is 30.9 Å². The van der Waals surface area contributed by atoms with E-state index in [-0.39, 0.29) is 11.5 Å². The molecule has 164 valence electrons. The summed E-state index contributed by atoms with van der Waals surface area (Å²) in [5.74, 6) is 0.472. The van der Waals surface area contributed by atoms with Crippen molar-refractivity contribution in [3.05, 3.63) is 40.1 Å². The average molecular weight is 488 g/mol. The van der Waals surface area contributed by atoms with Gasteiger partial charge in [-0.25, -0.2) is 9.97 Å². The van der Waals surface area contributed by atoms with E-state index in [1.54, 1.807) is 6.92 Å². The maximum absolute atomic E-state index is 12.5. The Labute approximate surface area is 183 Å². The number of halogens is 4. The average Bonchev–Trinajstić information content (AvgIpc) is 2.67. The number of aromatic nitrogens is 2. The number of anilines is 1. The van der Waals surface area contributed by atoms with Crippen LogP contribution in [0.25, 0.3) is 11.3 Å². The molecule has 0 saturated heterocycles. The molecule has 30 heavy (non-hydrogen) atoms. The van der Waals surface area contributed by atoms with Gasteiger partial charge in [-0.15, -0.1) is 13.2 Å². The third-order valence-electron chi connectivity index (χ3n) is 4.60.